The molecule has 2 aromatic rings. The maximum absolute atomic E-state index is 12.6. The predicted molar refractivity (Wildman–Crippen MR) is 101 cm³/mol. The van der Waals surface area contributed by atoms with Gasteiger partial charge < -0.3 is 5.32 Å². The summed E-state index contributed by atoms with van der Waals surface area (Å²) < 4.78 is 24.5. The first-order chi connectivity index (χ1) is 11.7. The lowest BCUT2D eigenvalue weighted by molar-refractivity contribution is 0.0935. The molecule has 0 aliphatic heterocycles. The van der Waals surface area contributed by atoms with Crippen LogP contribution >= 0.6 is 0 Å². The molecule has 0 saturated heterocycles. The highest BCUT2D eigenvalue weighted by Gasteiger charge is 2.17. The topological polar surface area (TPSA) is 66.5 Å². The minimum Gasteiger partial charge on any atom is -0.345 e. The van der Waals surface area contributed by atoms with Crippen LogP contribution in [0.3, 0.4) is 0 Å². The third-order valence-corrected chi connectivity index (χ3v) is 5.37. The molecular formula is C19H24N2O3S. The first-order valence-corrected chi connectivity index (χ1v) is 9.98. The Morgan fingerprint density at radius 2 is 1.80 bits per heavy atom. The van der Waals surface area contributed by atoms with Crippen LogP contribution in [-0.4, -0.2) is 27.6 Å². The van der Waals surface area contributed by atoms with Crippen molar-refractivity contribution in [3.63, 3.8) is 0 Å². The zero-order chi connectivity index (χ0) is 18.6. The molecule has 0 fully saturated rings. The molecule has 0 radical (unpaired) electrons. The van der Waals surface area contributed by atoms with E-state index in [1.807, 2.05) is 38.1 Å². The molecule has 0 bridgehead atoms. The van der Waals surface area contributed by atoms with Crippen LogP contribution in [0.2, 0.25) is 0 Å². The lowest BCUT2D eigenvalue weighted by Gasteiger charge is -2.20. The number of aryl methyl sites for hydroxylation is 1. The Morgan fingerprint density at radius 3 is 2.36 bits per heavy atom. The maximum Gasteiger partial charge on any atom is 0.251 e. The van der Waals surface area contributed by atoms with Crippen LogP contribution in [-0.2, 0) is 10.0 Å². The monoisotopic (exact) mass is 360 g/mol. The van der Waals surface area contributed by atoms with E-state index in [0.717, 1.165) is 22.5 Å². The van der Waals surface area contributed by atoms with E-state index in [1.54, 1.807) is 24.3 Å². The van der Waals surface area contributed by atoms with Gasteiger partial charge in [0.2, 0.25) is 10.0 Å². The summed E-state index contributed by atoms with van der Waals surface area (Å²) in [6.45, 7) is 4.03. The zero-order valence-electron chi connectivity index (χ0n) is 15.0. The zero-order valence-corrected chi connectivity index (χ0v) is 15.8. The summed E-state index contributed by atoms with van der Waals surface area (Å²) >= 11 is 0. The summed E-state index contributed by atoms with van der Waals surface area (Å²) in [6.07, 6.45) is 1.89. The van der Waals surface area contributed by atoms with Crippen LogP contribution in [0, 0.1) is 6.92 Å². The Kier molecular flexibility index (Phi) is 5.85. The average molecular weight is 360 g/mol. The molecule has 0 aliphatic rings. The lowest BCUT2D eigenvalue weighted by atomic mass is 10.0. The fraction of sp³-hybridized carbons (Fsp3) is 0.316. The van der Waals surface area contributed by atoms with Gasteiger partial charge in [-0.1, -0.05) is 42.8 Å². The summed E-state index contributed by atoms with van der Waals surface area (Å²) in [5.41, 5.74) is 3.10. The molecule has 2 aromatic carbocycles. The number of anilines is 1. The van der Waals surface area contributed by atoms with Gasteiger partial charge in [0.25, 0.3) is 5.91 Å². The molecule has 6 heteroatoms. The number of benzene rings is 2. The molecule has 25 heavy (non-hydrogen) atoms. The van der Waals surface area contributed by atoms with Crippen LogP contribution in [0.15, 0.2) is 48.5 Å². The molecule has 0 spiro atoms. The number of nitrogens with zero attached hydrogens (tertiary/aromatic N) is 1. The first kappa shape index (κ1) is 19.0. The van der Waals surface area contributed by atoms with Gasteiger partial charge >= 0.3 is 0 Å². The minimum atomic E-state index is -3.37. The fourth-order valence-corrected chi connectivity index (χ4v) is 2.99. The standard InChI is InChI=1S/C19H24N2O3S/c1-5-18(15-11-9-14(2)10-12-15)20-19(22)16-7-6-8-17(13-16)21(3)25(4,23)24/h6-13,18H,5H2,1-4H3,(H,20,22). The van der Waals surface area contributed by atoms with Crippen LogP contribution in [0.1, 0.15) is 40.9 Å². The van der Waals surface area contributed by atoms with Crippen LogP contribution in [0.4, 0.5) is 5.69 Å². The number of hydrogen-bond acceptors (Lipinski definition) is 3. The van der Waals surface area contributed by atoms with Gasteiger partial charge in [0.05, 0.1) is 18.0 Å². The van der Waals surface area contributed by atoms with Crippen LogP contribution in [0.5, 0.6) is 0 Å². The van der Waals surface area contributed by atoms with Gasteiger partial charge in [-0.05, 0) is 37.1 Å². The largest absolute Gasteiger partial charge is 0.345 e. The SMILES string of the molecule is CCC(NC(=O)c1cccc(N(C)S(C)(=O)=O)c1)c1ccc(C)cc1. The average Bonchev–Trinajstić information content (AvgIpc) is 2.59. The second-order valence-electron chi connectivity index (χ2n) is 6.13. The molecule has 1 atom stereocenters. The van der Waals surface area contributed by atoms with Crippen molar-refractivity contribution in [1.29, 1.82) is 0 Å². The molecule has 1 amide bonds. The molecule has 5 nitrogen and oxygen atoms in total. The summed E-state index contributed by atoms with van der Waals surface area (Å²) in [4.78, 5) is 12.6. The summed E-state index contributed by atoms with van der Waals surface area (Å²) in [7, 11) is -1.91. The molecule has 0 heterocycles. The van der Waals surface area contributed by atoms with Crippen molar-refractivity contribution in [1.82, 2.24) is 5.32 Å². The number of hydrogen-bond donors (Lipinski definition) is 1. The van der Waals surface area contributed by atoms with E-state index in [2.05, 4.69) is 5.32 Å². The minimum absolute atomic E-state index is 0.0932. The number of carbonyl (C=O) groups is 1. The molecule has 0 saturated carbocycles. The predicted octanol–water partition coefficient (Wildman–Crippen LogP) is 3.27. The molecule has 2 rings (SSSR count). The van der Waals surface area contributed by atoms with Crippen molar-refractivity contribution >= 4 is 21.6 Å². The highest BCUT2D eigenvalue weighted by atomic mass is 32.2. The molecular weight excluding hydrogens is 336 g/mol. The number of sulfonamides is 1. The van der Waals surface area contributed by atoms with E-state index in [0.29, 0.717) is 11.3 Å². The Balaban J connectivity index is 2.21. The fourth-order valence-electron chi connectivity index (χ4n) is 2.50. The van der Waals surface area contributed by atoms with Crippen molar-refractivity contribution in [3.8, 4) is 0 Å². The lowest BCUT2D eigenvalue weighted by Crippen LogP contribution is -2.29. The molecule has 0 aromatic heterocycles. The van der Waals surface area contributed by atoms with E-state index in [1.165, 1.54) is 12.6 Å². The van der Waals surface area contributed by atoms with Gasteiger partial charge in [-0.15, -0.1) is 0 Å². The molecule has 134 valence electrons. The van der Waals surface area contributed by atoms with Gasteiger partial charge in [-0.25, -0.2) is 8.42 Å². The second kappa shape index (κ2) is 7.70. The van der Waals surface area contributed by atoms with Gasteiger partial charge in [-0.3, -0.25) is 9.10 Å². The van der Waals surface area contributed by atoms with Crippen molar-refractivity contribution in [2.45, 2.75) is 26.3 Å². The number of amides is 1. The van der Waals surface area contributed by atoms with E-state index < -0.39 is 10.0 Å². The van der Waals surface area contributed by atoms with Gasteiger partial charge in [-0.2, -0.15) is 0 Å². The smallest absolute Gasteiger partial charge is 0.251 e. The normalized spacial score (nSPS) is 12.5. The second-order valence-corrected chi connectivity index (χ2v) is 8.14. The van der Waals surface area contributed by atoms with E-state index in [4.69, 9.17) is 0 Å². The third-order valence-electron chi connectivity index (χ3n) is 4.16. The van der Waals surface area contributed by atoms with Crippen molar-refractivity contribution in [2.24, 2.45) is 0 Å². The quantitative estimate of drug-likeness (QED) is 0.860. The summed E-state index contributed by atoms with van der Waals surface area (Å²) in [5.74, 6) is -0.226. The van der Waals surface area contributed by atoms with Crippen molar-refractivity contribution < 1.29 is 13.2 Å². The van der Waals surface area contributed by atoms with Gasteiger partial charge in [0.1, 0.15) is 0 Å². The highest BCUT2D eigenvalue weighted by Crippen LogP contribution is 2.20. The van der Waals surface area contributed by atoms with Crippen molar-refractivity contribution in [2.75, 3.05) is 17.6 Å². The Bertz CT molecular complexity index is 845. The van der Waals surface area contributed by atoms with Crippen LogP contribution < -0.4 is 9.62 Å². The molecule has 1 unspecified atom stereocenters. The van der Waals surface area contributed by atoms with Gasteiger partial charge in [0, 0.05) is 12.6 Å². The Hall–Kier alpha value is -2.34. The number of nitrogens with one attached hydrogen (secondary N) is 1. The third kappa shape index (κ3) is 4.82. The summed E-state index contributed by atoms with van der Waals surface area (Å²) in [5, 5.41) is 3.02. The number of rotatable bonds is 6. The molecule has 0 aliphatic carbocycles. The van der Waals surface area contributed by atoms with Gasteiger partial charge in [0.15, 0.2) is 0 Å². The highest BCUT2D eigenvalue weighted by molar-refractivity contribution is 7.92. The van der Waals surface area contributed by atoms with E-state index in [-0.39, 0.29) is 11.9 Å². The van der Waals surface area contributed by atoms with E-state index >= 15 is 0 Å². The molecule has 1 N–H and O–H groups in total. The Morgan fingerprint density at radius 1 is 1.16 bits per heavy atom. The van der Waals surface area contributed by atoms with E-state index in [9.17, 15) is 13.2 Å². The summed E-state index contributed by atoms with van der Waals surface area (Å²) in [6, 6.07) is 14.6. The maximum atomic E-state index is 12.6. The van der Waals surface area contributed by atoms with Crippen molar-refractivity contribution in [3.05, 3.63) is 65.2 Å². The Labute approximate surface area is 149 Å². The number of carbonyl (C=O) groups excluding carboxylic acids is 1. The first-order valence-electron chi connectivity index (χ1n) is 8.13. The van der Waals surface area contributed by atoms with Crippen LogP contribution in [0.25, 0.3) is 0 Å².